The highest BCUT2D eigenvalue weighted by molar-refractivity contribution is 7.89. The van der Waals surface area contributed by atoms with Crippen LogP contribution in [0.1, 0.15) is 43.0 Å². The van der Waals surface area contributed by atoms with Gasteiger partial charge >= 0.3 is 0 Å². The molecule has 26 heavy (non-hydrogen) atoms. The number of hydrogen-bond acceptors (Lipinski definition) is 3. The topological polar surface area (TPSA) is 54.3 Å². The van der Waals surface area contributed by atoms with Crippen LogP contribution in [-0.4, -0.2) is 37.5 Å². The maximum absolute atomic E-state index is 12.7. The number of rotatable bonds is 6. The van der Waals surface area contributed by atoms with Crippen LogP contribution in [0.15, 0.2) is 47.5 Å². The Morgan fingerprint density at radius 2 is 1.69 bits per heavy atom. The number of nitrogens with zero attached hydrogens (tertiary/aromatic N) is 2. The monoisotopic (exact) mass is 375 g/mol. The average molecular weight is 376 g/mol. The highest BCUT2D eigenvalue weighted by Gasteiger charge is 2.25. The van der Waals surface area contributed by atoms with Crippen molar-refractivity contribution in [2.24, 2.45) is 7.05 Å². The van der Waals surface area contributed by atoms with Crippen LogP contribution in [0.4, 0.5) is 0 Å². The summed E-state index contributed by atoms with van der Waals surface area (Å²) in [6.07, 6.45) is 6.88. The maximum Gasteiger partial charge on any atom is 0.240 e. The Morgan fingerprint density at radius 1 is 1.04 bits per heavy atom. The second kappa shape index (κ2) is 8.37. The number of sulfonamides is 1. The van der Waals surface area contributed by atoms with E-state index in [0.29, 0.717) is 11.4 Å². The first-order valence-electron chi connectivity index (χ1n) is 9.39. The third kappa shape index (κ3) is 4.55. The molecular weight excluding hydrogens is 346 g/mol. The highest BCUT2D eigenvalue weighted by atomic mass is 32.2. The van der Waals surface area contributed by atoms with E-state index in [-0.39, 0.29) is 6.04 Å². The fraction of sp³-hybridized carbons (Fsp3) is 0.500. The molecule has 2 heterocycles. The van der Waals surface area contributed by atoms with Crippen molar-refractivity contribution < 1.29 is 8.42 Å². The van der Waals surface area contributed by atoms with Crippen molar-refractivity contribution in [2.75, 3.05) is 19.6 Å². The fourth-order valence-corrected chi connectivity index (χ4v) is 4.68. The third-order valence-corrected chi connectivity index (χ3v) is 6.64. The number of hydrogen-bond donors (Lipinski definition) is 1. The first-order valence-corrected chi connectivity index (χ1v) is 10.9. The van der Waals surface area contributed by atoms with E-state index in [4.69, 9.17) is 0 Å². The molecule has 2 aromatic rings. The van der Waals surface area contributed by atoms with E-state index >= 15 is 0 Å². The molecule has 1 aliphatic heterocycles. The SMILES string of the molecule is Cc1ccc(S(=O)(=O)NCC(c2cccn2C)N2CCCCCC2)cc1. The number of aryl methyl sites for hydroxylation is 2. The van der Waals surface area contributed by atoms with Gasteiger partial charge in [-0.1, -0.05) is 30.5 Å². The van der Waals surface area contributed by atoms with Crippen LogP contribution >= 0.6 is 0 Å². The van der Waals surface area contributed by atoms with Gasteiger partial charge in [0.25, 0.3) is 0 Å². The third-order valence-electron chi connectivity index (χ3n) is 5.20. The normalized spacial score (nSPS) is 17.8. The summed E-state index contributed by atoms with van der Waals surface area (Å²) in [5, 5.41) is 0. The molecule has 1 aliphatic rings. The Labute approximate surface area is 157 Å². The van der Waals surface area contributed by atoms with Crippen LogP contribution < -0.4 is 4.72 Å². The number of likely N-dealkylation sites (tertiary alicyclic amines) is 1. The molecule has 1 aromatic carbocycles. The van der Waals surface area contributed by atoms with Crippen LogP contribution in [-0.2, 0) is 17.1 Å². The zero-order chi connectivity index (χ0) is 18.6. The first kappa shape index (κ1) is 19.1. The molecule has 0 saturated carbocycles. The molecule has 0 bridgehead atoms. The predicted octanol–water partition coefficient (Wildman–Crippen LogP) is 3.23. The summed E-state index contributed by atoms with van der Waals surface area (Å²) >= 11 is 0. The molecule has 1 N–H and O–H groups in total. The van der Waals surface area contributed by atoms with Gasteiger partial charge in [-0.3, -0.25) is 4.90 Å². The largest absolute Gasteiger partial charge is 0.353 e. The summed E-state index contributed by atoms with van der Waals surface area (Å²) in [4.78, 5) is 2.75. The van der Waals surface area contributed by atoms with Crippen molar-refractivity contribution in [1.82, 2.24) is 14.2 Å². The predicted molar refractivity (Wildman–Crippen MR) is 105 cm³/mol. The lowest BCUT2D eigenvalue weighted by molar-refractivity contribution is 0.199. The second-order valence-corrected chi connectivity index (χ2v) is 8.94. The lowest BCUT2D eigenvalue weighted by Gasteiger charge is -2.31. The lowest BCUT2D eigenvalue weighted by Crippen LogP contribution is -2.39. The van der Waals surface area contributed by atoms with Gasteiger partial charge in [0.15, 0.2) is 0 Å². The Bertz CT molecular complexity index is 804. The van der Waals surface area contributed by atoms with Crippen molar-refractivity contribution >= 4 is 10.0 Å². The highest BCUT2D eigenvalue weighted by Crippen LogP contribution is 2.24. The number of benzene rings is 1. The van der Waals surface area contributed by atoms with E-state index in [9.17, 15) is 8.42 Å². The molecule has 1 aromatic heterocycles. The van der Waals surface area contributed by atoms with Crippen molar-refractivity contribution in [1.29, 1.82) is 0 Å². The minimum Gasteiger partial charge on any atom is -0.353 e. The minimum atomic E-state index is -3.51. The molecule has 0 radical (unpaired) electrons. The van der Waals surface area contributed by atoms with E-state index < -0.39 is 10.0 Å². The zero-order valence-electron chi connectivity index (χ0n) is 15.7. The second-order valence-electron chi connectivity index (χ2n) is 7.17. The minimum absolute atomic E-state index is 0.0494. The van der Waals surface area contributed by atoms with Gasteiger partial charge in [0.1, 0.15) is 0 Å². The zero-order valence-corrected chi connectivity index (χ0v) is 16.5. The summed E-state index contributed by atoms with van der Waals surface area (Å²) in [6.45, 7) is 4.37. The molecule has 0 spiro atoms. The molecule has 142 valence electrons. The molecule has 0 amide bonds. The fourth-order valence-electron chi connectivity index (χ4n) is 3.64. The summed E-state index contributed by atoms with van der Waals surface area (Å²) in [6, 6.07) is 11.2. The maximum atomic E-state index is 12.7. The standard InChI is InChI=1S/C20H29N3O2S/c1-17-9-11-18(12-10-17)26(24,25)21-16-20(19-8-7-13-22(19)2)23-14-5-3-4-6-15-23/h7-13,20-21H,3-6,14-16H2,1-2H3. The molecule has 5 nitrogen and oxygen atoms in total. The summed E-state index contributed by atoms with van der Waals surface area (Å²) < 4.78 is 30.4. The van der Waals surface area contributed by atoms with E-state index in [1.165, 1.54) is 25.7 Å². The molecule has 1 atom stereocenters. The smallest absolute Gasteiger partial charge is 0.240 e. The van der Waals surface area contributed by atoms with Crippen LogP contribution in [0.25, 0.3) is 0 Å². The Morgan fingerprint density at radius 3 is 2.27 bits per heavy atom. The van der Waals surface area contributed by atoms with Crippen molar-refractivity contribution in [3.63, 3.8) is 0 Å². The van der Waals surface area contributed by atoms with Gasteiger partial charge in [-0.2, -0.15) is 0 Å². The Balaban J connectivity index is 1.79. The van der Waals surface area contributed by atoms with Crippen molar-refractivity contribution in [3.8, 4) is 0 Å². The quantitative estimate of drug-likeness (QED) is 0.843. The van der Waals surface area contributed by atoms with Gasteiger partial charge < -0.3 is 4.57 Å². The Kier molecular flexibility index (Phi) is 6.16. The van der Waals surface area contributed by atoms with Crippen molar-refractivity contribution in [3.05, 3.63) is 53.9 Å². The summed E-state index contributed by atoms with van der Waals surface area (Å²) in [5.74, 6) is 0. The molecule has 6 heteroatoms. The van der Waals surface area contributed by atoms with E-state index in [1.807, 2.05) is 38.4 Å². The lowest BCUT2D eigenvalue weighted by atomic mass is 10.1. The molecule has 1 unspecified atom stereocenters. The number of aromatic nitrogens is 1. The van der Waals surface area contributed by atoms with Gasteiger partial charge in [-0.15, -0.1) is 0 Å². The average Bonchev–Trinajstić information content (AvgIpc) is 2.86. The van der Waals surface area contributed by atoms with Crippen LogP contribution in [0.5, 0.6) is 0 Å². The molecule has 1 fully saturated rings. The number of nitrogens with one attached hydrogen (secondary N) is 1. The van der Waals surface area contributed by atoms with Gasteiger partial charge in [-0.25, -0.2) is 13.1 Å². The van der Waals surface area contributed by atoms with Gasteiger partial charge in [0, 0.05) is 25.5 Å². The molecule has 1 saturated heterocycles. The Hall–Kier alpha value is -1.63. The first-order chi connectivity index (χ1) is 12.5. The van der Waals surface area contributed by atoms with Crippen LogP contribution in [0, 0.1) is 6.92 Å². The van der Waals surface area contributed by atoms with E-state index in [2.05, 4.69) is 20.3 Å². The van der Waals surface area contributed by atoms with E-state index in [0.717, 1.165) is 24.3 Å². The summed E-state index contributed by atoms with van der Waals surface area (Å²) in [7, 11) is -1.49. The van der Waals surface area contributed by atoms with Gasteiger partial charge in [-0.05, 0) is 57.1 Å². The van der Waals surface area contributed by atoms with Gasteiger partial charge in [0.2, 0.25) is 10.0 Å². The molecule has 0 aliphatic carbocycles. The van der Waals surface area contributed by atoms with E-state index in [1.54, 1.807) is 12.1 Å². The van der Waals surface area contributed by atoms with Crippen LogP contribution in [0.2, 0.25) is 0 Å². The van der Waals surface area contributed by atoms with Crippen molar-refractivity contribution in [2.45, 2.75) is 43.5 Å². The molecular formula is C20H29N3O2S. The molecule has 3 rings (SSSR count). The van der Waals surface area contributed by atoms with Gasteiger partial charge in [0.05, 0.1) is 10.9 Å². The summed E-state index contributed by atoms with van der Waals surface area (Å²) in [5.41, 5.74) is 2.20. The van der Waals surface area contributed by atoms with Crippen LogP contribution in [0.3, 0.4) is 0 Å².